The lowest BCUT2D eigenvalue weighted by Crippen LogP contribution is -2.19. The summed E-state index contributed by atoms with van der Waals surface area (Å²) in [6.07, 6.45) is 3.45. The first-order chi connectivity index (χ1) is 9.43. The lowest BCUT2D eigenvalue weighted by atomic mass is 9.86. The molecular formula is C17H19FN2. The van der Waals surface area contributed by atoms with Crippen LogP contribution in [-0.4, -0.2) is 4.57 Å². The topological polar surface area (TPSA) is 17.0 Å². The summed E-state index contributed by atoms with van der Waals surface area (Å²) in [5.41, 5.74) is 4.55. The predicted molar refractivity (Wildman–Crippen MR) is 80.5 cm³/mol. The van der Waals surface area contributed by atoms with Crippen LogP contribution in [0.2, 0.25) is 0 Å². The lowest BCUT2D eigenvalue weighted by molar-refractivity contribution is 0.590. The van der Waals surface area contributed by atoms with E-state index >= 15 is 0 Å². The van der Waals surface area contributed by atoms with E-state index in [2.05, 4.69) is 50.4 Å². The minimum Gasteiger partial charge on any atom is -0.378 e. The van der Waals surface area contributed by atoms with E-state index in [4.69, 9.17) is 0 Å². The second kappa shape index (κ2) is 4.51. The van der Waals surface area contributed by atoms with Gasteiger partial charge < -0.3 is 9.88 Å². The molecule has 0 saturated carbocycles. The van der Waals surface area contributed by atoms with E-state index in [0.29, 0.717) is 6.54 Å². The Bertz CT molecular complexity index is 657. The molecule has 1 aromatic heterocycles. The summed E-state index contributed by atoms with van der Waals surface area (Å²) < 4.78 is 15.1. The molecule has 1 aromatic carbocycles. The van der Waals surface area contributed by atoms with Crippen LogP contribution in [0.4, 0.5) is 4.39 Å². The molecule has 0 unspecified atom stereocenters. The molecule has 0 amide bonds. The van der Waals surface area contributed by atoms with Crippen molar-refractivity contribution in [3.8, 4) is 0 Å². The van der Waals surface area contributed by atoms with E-state index in [1.807, 2.05) is 10.8 Å². The molecule has 0 aliphatic carbocycles. The molecule has 0 radical (unpaired) electrons. The third-order valence-corrected chi connectivity index (χ3v) is 3.69. The molecule has 104 valence electrons. The zero-order valence-corrected chi connectivity index (χ0v) is 12.1. The van der Waals surface area contributed by atoms with E-state index < -0.39 is 0 Å². The summed E-state index contributed by atoms with van der Waals surface area (Å²) in [6.45, 7) is 7.26. The van der Waals surface area contributed by atoms with Gasteiger partial charge in [-0.25, -0.2) is 4.39 Å². The van der Waals surface area contributed by atoms with E-state index in [1.165, 1.54) is 11.8 Å². The highest BCUT2D eigenvalue weighted by Crippen LogP contribution is 2.25. The SMILES string of the molecule is CC(C)(C)c1ccc(C2=Cn3cc(F)cc3CN2)cc1. The third kappa shape index (κ3) is 2.36. The summed E-state index contributed by atoms with van der Waals surface area (Å²) in [4.78, 5) is 0. The largest absolute Gasteiger partial charge is 0.378 e. The smallest absolute Gasteiger partial charge is 0.141 e. The Balaban J connectivity index is 1.93. The first kappa shape index (κ1) is 13.0. The van der Waals surface area contributed by atoms with Crippen LogP contribution >= 0.6 is 0 Å². The Morgan fingerprint density at radius 2 is 1.85 bits per heavy atom. The van der Waals surface area contributed by atoms with Crippen molar-refractivity contribution in [1.29, 1.82) is 0 Å². The normalized spacial score (nSPS) is 14.5. The minimum atomic E-state index is -0.192. The molecule has 3 rings (SSSR count). The van der Waals surface area contributed by atoms with Crippen molar-refractivity contribution in [3.05, 3.63) is 59.2 Å². The first-order valence-electron chi connectivity index (χ1n) is 6.86. The van der Waals surface area contributed by atoms with Gasteiger partial charge in [-0.15, -0.1) is 0 Å². The molecule has 2 aromatic rings. The molecule has 2 nitrogen and oxygen atoms in total. The van der Waals surface area contributed by atoms with Gasteiger partial charge in [0.2, 0.25) is 0 Å². The average Bonchev–Trinajstić information content (AvgIpc) is 2.77. The van der Waals surface area contributed by atoms with Gasteiger partial charge in [0.15, 0.2) is 0 Å². The second-order valence-corrected chi connectivity index (χ2v) is 6.28. The van der Waals surface area contributed by atoms with Crippen molar-refractivity contribution in [2.45, 2.75) is 32.7 Å². The number of benzene rings is 1. The summed E-state index contributed by atoms with van der Waals surface area (Å²) in [7, 11) is 0. The van der Waals surface area contributed by atoms with Crippen LogP contribution in [0.5, 0.6) is 0 Å². The molecule has 1 N–H and O–H groups in total. The Morgan fingerprint density at radius 1 is 1.15 bits per heavy atom. The molecule has 0 spiro atoms. The number of rotatable bonds is 1. The van der Waals surface area contributed by atoms with E-state index in [0.717, 1.165) is 17.0 Å². The van der Waals surface area contributed by atoms with E-state index in [9.17, 15) is 4.39 Å². The van der Waals surface area contributed by atoms with E-state index in [-0.39, 0.29) is 11.2 Å². The maximum absolute atomic E-state index is 13.2. The Kier molecular flexibility index (Phi) is 2.93. The number of nitrogens with one attached hydrogen (secondary N) is 1. The number of hydrogen-bond donors (Lipinski definition) is 1. The monoisotopic (exact) mass is 270 g/mol. The van der Waals surface area contributed by atoms with Gasteiger partial charge in [-0.05, 0) is 22.6 Å². The zero-order valence-electron chi connectivity index (χ0n) is 12.1. The van der Waals surface area contributed by atoms with Gasteiger partial charge in [0.25, 0.3) is 0 Å². The van der Waals surface area contributed by atoms with Gasteiger partial charge in [-0.2, -0.15) is 0 Å². The van der Waals surface area contributed by atoms with Crippen LogP contribution in [0.25, 0.3) is 11.9 Å². The molecule has 0 fully saturated rings. The number of hydrogen-bond acceptors (Lipinski definition) is 1. The van der Waals surface area contributed by atoms with Crippen LogP contribution < -0.4 is 5.32 Å². The fourth-order valence-electron chi connectivity index (χ4n) is 2.45. The minimum absolute atomic E-state index is 0.156. The Morgan fingerprint density at radius 3 is 2.50 bits per heavy atom. The van der Waals surface area contributed by atoms with Crippen LogP contribution in [-0.2, 0) is 12.0 Å². The summed E-state index contributed by atoms with van der Waals surface area (Å²) in [6, 6.07) is 10.1. The molecule has 0 saturated heterocycles. The molecule has 2 heterocycles. The Labute approximate surface area is 118 Å². The standard InChI is InChI=1S/C17H19FN2/c1-17(2,3)13-6-4-12(5-7-13)16-11-20-10-14(18)8-15(20)9-19-16/h4-8,10-11,19H,9H2,1-3H3. The summed E-state index contributed by atoms with van der Waals surface area (Å²) in [5.74, 6) is -0.192. The predicted octanol–water partition coefficient (Wildman–Crippen LogP) is 3.98. The van der Waals surface area contributed by atoms with Gasteiger partial charge >= 0.3 is 0 Å². The molecule has 3 heteroatoms. The zero-order chi connectivity index (χ0) is 14.3. The number of halogens is 1. The second-order valence-electron chi connectivity index (χ2n) is 6.28. The fourth-order valence-corrected chi connectivity index (χ4v) is 2.45. The van der Waals surface area contributed by atoms with Crippen molar-refractivity contribution < 1.29 is 4.39 Å². The quantitative estimate of drug-likeness (QED) is 0.829. The van der Waals surface area contributed by atoms with Crippen LogP contribution in [0, 0.1) is 5.82 Å². The van der Waals surface area contributed by atoms with Gasteiger partial charge in [0.1, 0.15) is 5.82 Å². The summed E-state index contributed by atoms with van der Waals surface area (Å²) >= 11 is 0. The van der Waals surface area contributed by atoms with Gasteiger partial charge in [-0.3, -0.25) is 0 Å². The molecule has 1 aliphatic rings. The maximum Gasteiger partial charge on any atom is 0.141 e. The highest BCUT2D eigenvalue weighted by Gasteiger charge is 2.15. The fraction of sp³-hybridized carbons (Fsp3) is 0.294. The van der Waals surface area contributed by atoms with Crippen LogP contribution in [0.15, 0.2) is 36.5 Å². The van der Waals surface area contributed by atoms with Crippen LogP contribution in [0.1, 0.15) is 37.6 Å². The van der Waals surface area contributed by atoms with E-state index in [1.54, 1.807) is 6.07 Å². The Hall–Kier alpha value is -2.03. The van der Waals surface area contributed by atoms with Gasteiger partial charge in [0, 0.05) is 18.1 Å². The van der Waals surface area contributed by atoms with Crippen molar-refractivity contribution in [1.82, 2.24) is 9.88 Å². The lowest BCUT2D eigenvalue weighted by Gasteiger charge is -2.21. The average molecular weight is 270 g/mol. The summed E-state index contributed by atoms with van der Waals surface area (Å²) in [5, 5.41) is 3.34. The van der Waals surface area contributed by atoms with Crippen molar-refractivity contribution >= 4 is 11.9 Å². The molecule has 1 aliphatic heterocycles. The number of fused-ring (bicyclic) bond motifs is 1. The molecule has 20 heavy (non-hydrogen) atoms. The van der Waals surface area contributed by atoms with Gasteiger partial charge in [0.05, 0.1) is 12.2 Å². The van der Waals surface area contributed by atoms with Crippen LogP contribution in [0.3, 0.4) is 0 Å². The highest BCUT2D eigenvalue weighted by molar-refractivity contribution is 5.75. The molecule has 0 atom stereocenters. The molecular weight excluding hydrogens is 251 g/mol. The highest BCUT2D eigenvalue weighted by atomic mass is 19.1. The first-order valence-corrected chi connectivity index (χ1v) is 6.86. The van der Waals surface area contributed by atoms with Crippen molar-refractivity contribution in [2.24, 2.45) is 0 Å². The third-order valence-electron chi connectivity index (χ3n) is 3.69. The van der Waals surface area contributed by atoms with Gasteiger partial charge in [-0.1, -0.05) is 45.0 Å². The number of aromatic nitrogens is 1. The van der Waals surface area contributed by atoms with Crippen molar-refractivity contribution in [3.63, 3.8) is 0 Å². The molecule has 0 bridgehead atoms. The van der Waals surface area contributed by atoms with Crippen molar-refractivity contribution in [2.75, 3.05) is 0 Å². The maximum atomic E-state index is 13.2. The number of nitrogens with zero attached hydrogens (tertiary/aromatic N) is 1.